The van der Waals surface area contributed by atoms with Crippen LogP contribution < -0.4 is 5.32 Å². The zero-order valence-corrected chi connectivity index (χ0v) is 41.3. The second kappa shape index (κ2) is 43.2. The molecule has 1 amide bonds. The molecule has 11 heteroatoms. The number of hydrogen-bond acceptors (Lipinski definition) is 10. The number of unbranched alkanes of at least 4 members (excludes halogenated alkanes) is 32. The topological polar surface area (TPSA) is 189 Å². The van der Waals surface area contributed by atoms with E-state index < -0.39 is 74.2 Å². The van der Waals surface area contributed by atoms with Gasteiger partial charge in [-0.1, -0.05) is 225 Å². The molecule has 1 aliphatic rings. The molecular formula is C53H103NO10. The average Bonchev–Trinajstić information content (AvgIpc) is 3.29. The molecule has 0 spiro atoms. The highest BCUT2D eigenvalue weighted by molar-refractivity contribution is 5.80. The molecule has 0 aliphatic carbocycles. The van der Waals surface area contributed by atoms with Gasteiger partial charge in [0.25, 0.3) is 0 Å². The van der Waals surface area contributed by atoms with Crippen LogP contribution in [0.1, 0.15) is 251 Å². The first-order chi connectivity index (χ1) is 31.2. The van der Waals surface area contributed by atoms with Gasteiger partial charge in [-0.2, -0.15) is 0 Å². The second-order valence-electron chi connectivity index (χ2n) is 19.3. The molecule has 64 heavy (non-hydrogen) atoms. The van der Waals surface area contributed by atoms with Gasteiger partial charge < -0.3 is 50.5 Å². The summed E-state index contributed by atoms with van der Waals surface area (Å²) in [5.41, 5.74) is 0. The van der Waals surface area contributed by atoms with Crippen LogP contribution in [0.5, 0.6) is 0 Å². The summed E-state index contributed by atoms with van der Waals surface area (Å²) in [5, 5.41) is 75.8. The first-order valence-electron chi connectivity index (χ1n) is 27.1. The number of rotatable bonds is 46. The number of amides is 1. The Hall–Kier alpha value is -1.15. The molecular weight excluding hydrogens is 811 g/mol. The van der Waals surface area contributed by atoms with Gasteiger partial charge in [0.1, 0.15) is 36.6 Å². The zero-order valence-electron chi connectivity index (χ0n) is 41.3. The summed E-state index contributed by atoms with van der Waals surface area (Å²) in [7, 11) is 0. The average molecular weight is 914 g/mol. The van der Waals surface area contributed by atoms with Gasteiger partial charge in [-0.3, -0.25) is 4.79 Å². The molecule has 380 valence electrons. The van der Waals surface area contributed by atoms with E-state index in [9.17, 15) is 40.5 Å². The Morgan fingerprint density at radius 1 is 0.531 bits per heavy atom. The van der Waals surface area contributed by atoms with Crippen LogP contribution in [0.4, 0.5) is 0 Å². The molecule has 0 bridgehead atoms. The van der Waals surface area contributed by atoms with Gasteiger partial charge >= 0.3 is 0 Å². The standard InChI is InChI=1S/C53H103NO10/c1-3-5-7-9-11-13-15-16-17-18-19-20-21-22-23-24-25-26-27-28-29-31-32-34-36-38-40-45(56)48(58)44(43-63-53-51(61)50(60)49(59)47(42-55)64-53)54-52(62)46(57)41-39-37-35-33-30-14-12-10-8-6-4-2/h32,34,44-51,53,55-61H,3-31,33,35-43H2,1-2H3,(H,54,62)/b34-32+. The maximum absolute atomic E-state index is 13.1. The van der Waals surface area contributed by atoms with Crippen molar-refractivity contribution >= 4 is 5.91 Å². The minimum atomic E-state index is -1.66. The smallest absolute Gasteiger partial charge is 0.249 e. The number of carbonyl (C=O) groups excluding carboxylic acids is 1. The van der Waals surface area contributed by atoms with Crippen molar-refractivity contribution in [2.24, 2.45) is 0 Å². The zero-order chi connectivity index (χ0) is 46.9. The molecule has 9 unspecified atom stereocenters. The normalized spacial score (nSPS) is 21.0. The summed E-state index contributed by atoms with van der Waals surface area (Å²) in [6.07, 6.45) is 37.1. The molecule has 1 saturated heterocycles. The van der Waals surface area contributed by atoms with Crippen LogP contribution in [0.3, 0.4) is 0 Å². The van der Waals surface area contributed by atoms with E-state index in [1.807, 2.05) is 0 Å². The Morgan fingerprint density at radius 3 is 1.34 bits per heavy atom. The van der Waals surface area contributed by atoms with E-state index in [4.69, 9.17) is 9.47 Å². The number of allylic oxidation sites excluding steroid dienone is 2. The summed E-state index contributed by atoms with van der Waals surface area (Å²) < 4.78 is 11.1. The SMILES string of the molecule is CCCCCCCCCCCCCCCCCCCCCCC/C=C/CCCC(O)C(O)C(COC1OC(CO)C(O)C(O)C1O)NC(=O)C(O)CCCCCCCCCCCCC. The first kappa shape index (κ1) is 60.9. The molecule has 0 saturated carbocycles. The summed E-state index contributed by atoms with van der Waals surface area (Å²) in [6.45, 7) is 3.44. The Bertz CT molecular complexity index is 1050. The van der Waals surface area contributed by atoms with Crippen molar-refractivity contribution in [2.75, 3.05) is 13.2 Å². The molecule has 1 fully saturated rings. The summed E-state index contributed by atoms with van der Waals surface area (Å²) in [5.74, 6) is -0.705. The molecule has 0 aromatic rings. The molecule has 11 nitrogen and oxygen atoms in total. The van der Waals surface area contributed by atoms with E-state index in [1.165, 1.54) is 173 Å². The molecule has 0 aromatic heterocycles. The number of aliphatic hydroxyl groups is 7. The van der Waals surface area contributed by atoms with Crippen LogP contribution >= 0.6 is 0 Å². The van der Waals surface area contributed by atoms with Crippen LogP contribution in [0.15, 0.2) is 12.2 Å². The highest BCUT2D eigenvalue weighted by atomic mass is 16.7. The largest absolute Gasteiger partial charge is 0.394 e. The fourth-order valence-corrected chi connectivity index (χ4v) is 8.85. The lowest BCUT2D eigenvalue weighted by molar-refractivity contribution is -0.303. The van der Waals surface area contributed by atoms with Gasteiger partial charge in [0, 0.05) is 0 Å². The third-order valence-electron chi connectivity index (χ3n) is 13.3. The Labute approximate surface area is 392 Å². The lowest BCUT2D eigenvalue weighted by atomic mass is 9.98. The van der Waals surface area contributed by atoms with Crippen molar-refractivity contribution in [3.8, 4) is 0 Å². The molecule has 9 atom stereocenters. The third kappa shape index (κ3) is 31.8. The van der Waals surface area contributed by atoms with Crippen molar-refractivity contribution in [3.05, 3.63) is 12.2 Å². The maximum Gasteiger partial charge on any atom is 0.249 e. The summed E-state index contributed by atoms with van der Waals surface area (Å²) >= 11 is 0. The number of carbonyl (C=O) groups is 1. The fourth-order valence-electron chi connectivity index (χ4n) is 8.85. The van der Waals surface area contributed by atoms with Crippen LogP contribution in [-0.2, 0) is 14.3 Å². The minimum Gasteiger partial charge on any atom is -0.394 e. The lowest BCUT2D eigenvalue weighted by Gasteiger charge is -2.40. The Balaban J connectivity index is 2.30. The quantitative estimate of drug-likeness (QED) is 0.0216. The van der Waals surface area contributed by atoms with Crippen LogP contribution in [0.25, 0.3) is 0 Å². The molecule has 0 radical (unpaired) electrons. The minimum absolute atomic E-state index is 0.258. The van der Waals surface area contributed by atoms with E-state index >= 15 is 0 Å². The van der Waals surface area contributed by atoms with Crippen molar-refractivity contribution in [3.63, 3.8) is 0 Å². The fraction of sp³-hybridized carbons (Fsp3) is 0.943. The van der Waals surface area contributed by atoms with E-state index in [2.05, 4.69) is 31.3 Å². The summed E-state index contributed by atoms with van der Waals surface area (Å²) in [6, 6.07) is -1.18. The number of hydrogen-bond donors (Lipinski definition) is 8. The van der Waals surface area contributed by atoms with Gasteiger partial charge in [0.15, 0.2) is 6.29 Å². The maximum atomic E-state index is 13.1. The number of ether oxygens (including phenoxy) is 2. The first-order valence-corrected chi connectivity index (χ1v) is 27.1. The highest BCUT2D eigenvalue weighted by Gasteiger charge is 2.44. The molecule has 1 rings (SSSR count). The number of aliphatic hydroxyl groups excluding tert-OH is 7. The van der Waals surface area contributed by atoms with Gasteiger partial charge in [0.05, 0.1) is 25.4 Å². The van der Waals surface area contributed by atoms with Gasteiger partial charge in [-0.15, -0.1) is 0 Å². The Morgan fingerprint density at radius 2 is 0.922 bits per heavy atom. The molecule has 1 aliphatic heterocycles. The van der Waals surface area contributed by atoms with E-state index in [-0.39, 0.29) is 12.8 Å². The predicted molar refractivity (Wildman–Crippen MR) is 261 cm³/mol. The van der Waals surface area contributed by atoms with Gasteiger partial charge in [0.2, 0.25) is 5.91 Å². The Kier molecular flexibility index (Phi) is 41.0. The van der Waals surface area contributed by atoms with Crippen molar-refractivity contribution in [1.29, 1.82) is 0 Å². The lowest BCUT2D eigenvalue weighted by Crippen LogP contribution is -2.60. The van der Waals surface area contributed by atoms with E-state index in [0.29, 0.717) is 12.8 Å². The van der Waals surface area contributed by atoms with Crippen molar-refractivity contribution < 1.29 is 50.0 Å². The number of nitrogens with one attached hydrogen (secondary N) is 1. The highest BCUT2D eigenvalue weighted by Crippen LogP contribution is 2.23. The molecule has 0 aromatic carbocycles. The molecule has 8 N–H and O–H groups in total. The third-order valence-corrected chi connectivity index (χ3v) is 13.3. The second-order valence-corrected chi connectivity index (χ2v) is 19.3. The van der Waals surface area contributed by atoms with Crippen LogP contribution in [0.2, 0.25) is 0 Å². The van der Waals surface area contributed by atoms with E-state index in [0.717, 1.165) is 38.5 Å². The van der Waals surface area contributed by atoms with Gasteiger partial charge in [-0.05, 0) is 38.5 Å². The predicted octanol–water partition coefficient (Wildman–Crippen LogP) is 10.4. The summed E-state index contributed by atoms with van der Waals surface area (Å²) in [4.78, 5) is 13.1. The monoisotopic (exact) mass is 914 g/mol. The molecule has 1 heterocycles. The van der Waals surface area contributed by atoms with Crippen LogP contribution in [-0.4, -0.2) is 110 Å². The van der Waals surface area contributed by atoms with E-state index in [1.54, 1.807) is 0 Å². The van der Waals surface area contributed by atoms with Crippen molar-refractivity contribution in [2.45, 2.75) is 306 Å². The van der Waals surface area contributed by atoms with Crippen molar-refractivity contribution in [1.82, 2.24) is 5.32 Å². The van der Waals surface area contributed by atoms with Gasteiger partial charge in [-0.25, -0.2) is 0 Å². The van der Waals surface area contributed by atoms with Crippen LogP contribution in [0, 0.1) is 0 Å².